The van der Waals surface area contributed by atoms with E-state index < -0.39 is 0 Å². The minimum Gasteiger partial charge on any atom is -0.497 e. The molecule has 9 heteroatoms. The van der Waals surface area contributed by atoms with Crippen LogP contribution in [-0.2, 0) is 13.1 Å². The fourth-order valence-electron chi connectivity index (χ4n) is 17.9. The Labute approximate surface area is 449 Å². The summed E-state index contributed by atoms with van der Waals surface area (Å²) in [5.74, 6) is 11.5. The van der Waals surface area contributed by atoms with Gasteiger partial charge in [0.2, 0.25) is 0 Å². The molecule has 0 unspecified atom stereocenters. The Morgan fingerprint density at radius 3 is 1.15 bits per heavy atom. The molecule has 3 heterocycles. The highest BCUT2D eigenvalue weighted by Gasteiger charge is 2.53. The van der Waals surface area contributed by atoms with Crippen LogP contribution in [0, 0.1) is 67.1 Å². The van der Waals surface area contributed by atoms with Gasteiger partial charge in [0.1, 0.15) is 5.75 Å². The van der Waals surface area contributed by atoms with Crippen LogP contribution in [0.25, 0.3) is 22.6 Å². The molecular formula is C66H88N6O3. The Hall–Kier alpha value is -4.83. The fourth-order valence-corrected chi connectivity index (χ4v) is 17.9. The third kappa shape index (κ3) is 11.4. The SMILES string of the molecule is C.C.COc1ccc(C2=NCC(CNC34CC5CC(CC(C5)C3)C4)=C2)cc1.Cc1ccc(-c2cc(CNC34CC5CC(CC(C5)C3)C4)no2)cc1.Cc1ccc(-c2cc(CNC34CC5CC(CC(C5)C3)C4)no2)cc1. The number of aliphatic imine (C=N–C) groups is 1. The number of aryl methyl sites for hydroxylation is 2. The fraction of sp³-hybridized carbons (Fsp3) is 0.591. The Morgan fingerprint density at radius 1 is 0.467 bits per heavy atom. The zero-order valence-corrected chi connectivity index (χ0v) is 44.0. The van der Waals surface area contributed by atoms with Crippen molar-refractivity contribution < 1.29 is 13.8 Å². The second-order valence-electron chi connectivity index (χ2n) is 26.0. The van der Waals surface area contributed by atoms with Gasteiger partial charge in [-0.25, -0.2) is 0 Å². The molecule has 400 valence electrons. The summed E-state index contributed by atoms with van der Waals surface area (Å²) in [7, 11) is 1.70. The van der Waals surface area contributed by atoms with Crippen molar-refractivity contribution in [3.05, 3.63) is 125 Å². The largest absolute Gasteiger partial charge is 0.497 e. The number of methoxy groups -OCH3 is 1. The van der Waals surface area contributed by atoms with E-state index >= 15 is 0 Å². The normalized spacial score (nSPS) is 33.6. The first kappa shape index (κ1) is 52.2. The molecule has 3 aromatic carbocycles. The van der Waals surface area contributed by atoms with Crippen molar-refractivity contribution >= 4 is 5.71 Å². The van der Waals surface area contributed by atoms with E-state index in [4.69, 9.17) is 18.8 Å². The van der Waals surface area contributed by atoms with E-state index in [-0.39, 0.29) is 14.9 Å². The highest BCUT2D eigenvalue weighted by atomic mass is 16.5. The highest BCUT2D eigenvalue weighted by Crippen LogP contribution is 2.58. The number of ether oxygens (including phenoxy) is 1. The van der Waals surface area contributed by atoms with Gasteiger partial charge in [-0.3, -0.25) is 4.99 Å². The lowest BCUT2D eigenvalue weighted by Gasteiger charge is -2.57. The molecule has 13 aliphatic rings. The molecule has 3 N–H and O–H groups in total. The molecule has 0 spiro atoms. The van der Waals surface area contributed by atoms with Crippen molar-refractivity contribution in [3.63, 3.8) is 0 Å². The molecule has 1 aliphatic heterocycles. The predicted molar refractivity (Wildman–Crippen MR) is 304 cm³/mol. The van der Waals surface area contributed by atoms with E-state index in [1.54, 1.807) is 7.11 Å². The van der Waals surface area contributed by atoms with Crippen LogP contribution in [0.4, 0.5) is 0 Å². The number of aromatic nitrogens is 2. The van der Waals surface area contributed by atoms with Gasteiger partial charge in [-0.05, 0) is 224 Å². The van der Waals surface area contributed by atoms with Crippen LogP contribution >= 0.6 is 0 Å². The average molecular weight is 1010 g/mol. The second-order valence-corrected chi connectivity index (χ2v) is 26.0. The van der Waals surface area contributed by atoms with Crippen LogP contribution in [0.15, 0.2) is 111 Å². The van der Waals surface area contributed by atoms with E-state index in [2.05, 4.69) is 119 Å². The van der Waals surface area contributed by atoms with Gasteiger partial charge in [0, 0.05) is 59.5 Å². The van der Waals surface area contributed by atoms with Crippen LogP contribution in [0.5, 0.6) is 5.75 Å². The maximum absolute atomic E-state index is 5.57. The van der Waals surface area contributed by atoms with Gasteiger partial charge in [0.05, 0.1) is 30.8 Å². The minimum absolute atomic E-state index is 0. The lowest BCUT2D eigenvalue weighted by atomic mass is 9.53. The van der Waals surface area contributed by atoms with Gasteiger partial charge in [-0.15, -0.1) is 0 Å². The molecule has 0 radical (unpaired) electrons. The van der Waals surface area contributed by atoms with Crippen molar-refractivity contribution in [1.29, 1.82) is 0 Å². The van der Waals surface area contributed by atoms with Crippen molar-refractivity contribution in [1.82, 2.24) is 26.3 Å². The van der Waals surface area contributed by atoms with Gasteiger partial charge in [0.25, 0.3) is 0 Å². The number of rotatable bonds is 13. The molecule has 18 rings (SSSR count). The van der Waals surface area contributed by atoms with E-state index in [1.807, 2.05) is 12.1 Å². The third-order valence-corrected chi connectivity index (χ3v) is 20.1. The van der Waals surface area contributed by atoms with Crippen LogP contribution in [0.2, 0.25) is 0 Å². The average Bonchev–Trinajstić information content (AvgIpc) is 4.18. The number of hydrogen-bond acceptors (Lipinski definition) is 9. The quantitative estimate of drug-likeness (QED) is 0.107. The van der Waals surface area contributed by atoms with Gasteiger partial charge >= 0.3 is 0 Å². The maximum atomic E-state index is 5.57. The van der Waals surface area contributed by atoms with Gasteiger partial charge < -0.3 is 29.7 Å². The van der Waals surface area contributed by atoms with Gasteiger partial charge in [0.15, 0.2) is 11.5 Å². The van der Waals surface area contributed by atoms with Crippen molar-refractivity contribution in [2.24, 2.45) is 58.3 Å². The first-order chi connectivity index (χ1) is 35.6. The molecule has 5 aromatic rings. The molecule has 2 aromatic heterocycles. The van der Waals surface area contributed by atoms with Crippen LogP contribution in [0.1, 0.15) is 159 Å². The molecule has 75 heavy (non-hydrogen) atoms. The topological polar surface area (TPSA) is 110 Å². The minimum atomic E-state index is 0. The summed E-state index contributed by atoms with van der Waals surface area (Å²) in [6, 6.07) is 29.3. The molecular weight excluding hydrogens is 925 g/mol. The Morgan fingerprint density at radius 2 is 0.800 bits per heavy atom. The van der Waals surface area contributed by atoms with Crippen LogP contribution < -0.4 is 20.7 Å². The number of allylic oxidation sites excluding steroid dienone is 1. The molecule has 9 nitrogen and oxygen atoms in total. The summed E-state index contributed by atoms with van der Waals surface area (Å²) in [5, 5.41) is 20.4. The monoisotopic (exact) mass is 1010 g/mol. The molecule has 12 aliphatic carbocycles. The Balaban J connectivity index is 0.000000119. The Kier molecular flexibility index (Phi) is 15.0. The van der Waals surface area contributed by atoms with E-state index in [0.717, 1.165) is 125 Å². The number of nitrogens with zero attached hydrogens (tertiary/aromatic N) is 3. The summed E-state index contributed by atoms with van der Waals surface area (Å²) < 4.78 is 16.4. The van der Waals surface area contributed by atoms with Crippen LogP contribution in [0.3, 0.4) is 0 Å². The molecule has 12 saturated carbocycles. The maximum Gasteiger partial charge on any atom is 0.167 e. The lowest BCUT2D eigenvalue weighted by molar-refractivity contribution is -0.0209. The smallest absolute Gasteiger partial charge is 0.167 e. The van der Waals surface area contributed by atoms with E-state index in [1.165, 1.54) is 138 Å². The summed E-state index contributed by atoms with van der Waals surface area (Å²) >= 11 is 0. The van der Waals surface area contributed by atoms with Crippen molar-refractivity contribution in [2.75, 3.05) is 20.2 Å². The summed E-state index contributed by atoms with van der Waals surface area (Å²) in [6.45, 7) is 7.73. The molecule has 0 amide bonds. The number of benzene rings is 3. The number of nitrogens with one attached hydrogen (secondary N) is 3. The summed E-state index contributed by atoms with van der Waals surface area (Å²) in [4.78, 5) is 4.75. The summed E-state index contributed by atoms with van der Waals surface area (Å²) in [6.07, 6.45) is 28.2. The van der Waals surface area contributed by atoms with Gasteiger partial charge in [-0.2, -0.15) is 0 Å². The molecule has 12 fully saturated rings. The van der Waals surface area contributed by atoms with E-state index in [0.29, 0.717) is 16.6 Å². The van der Waals surface area contributed by atoms with Crippen molar-refractivity contribution in [2.45, 2.75) is 174 Å². The first-order valence-electron chi connectivity index (χ1n) is 28.7. The standard InChI is InChI=1S/C22H28N2O.2C21H26N2O.2CH4/c1-25-20-4-2-19(3-5-20)21-9-18(13-23-21)14-24-22-10-15-6-16(11-22)8-17(7-15)12-22;2*1-14-2-4-18(5-3-14)20-9-19(23-24-20)13-22-21-10-15-6-16(11-21)8-17(7-15)12-21;;/h2-5,9,15-17,24H,6-8,10-14H2,1H3;2*2-5,9,15-17,22H,6-8,10-13H2,1H3;2*1H4. The summed E-state index contributed by atoms with van der Waals surface area (Å²) in [5.41, 5.74) is 11.8. The second kappa shape index (κ2) is 21.5. The van der Waals surface area contributed by atoms with Crippen LogP contribution in [-0.4, -0.2) is 52.8 Å². The molecule has 0 atom stereocenters. The lowest BCUT2D eigenvalue weighted by Crippen LogP contribution is -2.58. The Bertz CT molecular complexity index is 2550. The third-order valence-electron chi connectivity index (χ3n) is 20.1. The van der Waals surface area contributed by atoms with Gasteiger partial charge in [-0.1, -0.05) is 84.8 Å². The molecule has 12 bridgehead atoms. The van der Waals surface area contributed by atoms with E-state index in [9.17, 15) is 0 Å². The first-order valence-corrected chi connectivity index (χ1v) is 28.7. The molecule has 0 saturated heterocycles. The predicted octanol–water partition coefficient (Wildman–Crippen LogP) is 14.7. The number of hydrogen-bond donors (Lipinski definition) is 3. The van der Waals surface area contributed by atoms with Crippen molar-refractivity contribution in [3.8, 4) is 28.4 Å². The highest BCUT2D eigenvalue weighted by molar-refractivity contribution is 6.10. The zero-order chi connectivity index (χ0) is 49.2. The zero-order valence-electron chi connectivity index (χ0n) is 44.0.